The van der Waals surface area contributed by atoms with Crippen LogP contribution in [0, 0.1) is 0 Å². The molecule has 0 fully saturated rings. The zero-order chi connectivity index (χ0) is 19.1. The fraction of sp³-hybridized carbons (Fsp3) is 0.222. The van der Waals surface area contributed by atoms with Gasteiger partial charge in [-0.25, -0.2) is 4.79 Å². The molecule has 2 aromatic rings. The first-order valence-electron chi connectivity index (χ1n) is 7.60. The Hall–Kier alpha value is -2.44. The zero-order valence-corrected chi connectivity index (χ0v) is 15.6. The van der Waals surface area contributed by atoms with Crippen molar-refractivity contribution in [2.24, 2.45) is 0 Å². The molecule has 0 saturated heterocycles. The van der Waals surface area contributed by atoms with Crippen LogP contribution in [0.25, 0.3) is 0 Å². The molecule has 0 radical (unpaired) electrons. The lowest BCUT2D eigenvalue weighted by Gasteiger charge is -2.14. The van der Waals surface area contributed by atoms with E-state index in [4.69, 9.17) is 37.4 Å². The standard InChI is InChI=1S/C18H17Cl2NO5/c1-11(18(23)21-14-8-12(19)7-13(20)9-14)26-17(22)10-25-16-5-3-15(24-2)4-6-16/h3-9,11H,10H2,1-2H3,(H,21,23)/t11-/m0/s1. The molecule has 0 saturated carbocycles. The van der Waals surface area contributed by atoms with Crippen LogP contribution in [0.1, 0.15) is 6.92 Å². The quantitative estimate of drug-likeness (QED) is 0.715. The van der Waals surface area contributed by atoms with Crippen molar-refractivity contribution in [3.8, 4) is 11.5 Å². The van der Waals surface area contributed by atoms with Gasteiger partial charge in [-0.2, -0.15) is 0 Å². The van der Waals surface area contributed by atoms with Crippen molar-refractivity contribution in [3.05, 3.63) is 52.5 Å². The fourth-order valence-corrected chi connectivity index (χ4v) is 2.49. The number of rotatable bonds is 7. The molecule has 0 aliphatic rings. The Morgan fingerprint density at radius 3 is 2.19 bits per heavy atom. The highest BCUT2D eigenvalue weighted by Crippen LogP contribution is 2.22. The first kappa shape index (κ1) is 19.9. The summed E-state index contributed by atoms with van der Waals surface area (Å²) in [6.07, 6.45) is -1.01. The highest BCUT2D eigenvalue weighted by atomic mass is 35.5. The average molecular weight is 398 g/mol. The summed E-state index contributed by atoms with van der Waals surface area (Å²) in [6.45, 7) is 1.12. The lowest BCUT2D eigenvalue weighted by molar-refractivity contribution is -0.155. The van der Waals surface area contributed by atoms with Gasteiger partial charge in [0.2, 0.25) is 0 Å². The van der Waals surface area contributed by atoms with E-state index < -0.39 is 18.0 Å². The minimum Gasteiger partial charge on any atom is -0.497 e. The smallest absolute Gasteiger partial charge is 0.344 e. The molecule has 138 valence electrons. The third kappa shape index (κ3) is 6.13. The maximum absolute atomic E-state index is 12.1. The Morgan fingerprint density at radius 2 is 1.62 bits per heavy atom. The minimum atomic E-state index is -1.01. The zero-order valence-electron chi connectivity index (χ0n) is 14.1. The van der Waals surface area contributed by atoms with Gasteiger partial charge in [0, 0.05) is 15.7 Å². The second-order valence-corrected chi connectivity index (χ2v) is 6.12. The molecule has 2 aromatic carbocycles. The van der Waals surface area contributed by atoms with E-state index in [0.29, 0.717) is 27.2 Å². The molecule has 1 amide bonds. The maximum Gasteiger partial charge on any atom is 0.344 e. The third-order valence-electron chi connectivity index (χ3n) is 3.22. The average Bonchev–Trinajstić information content (AvgIpc) is 2.59. The molecule has 1 N–H and O–H groups in total. The molecule has 1 atom stereocenters. The Labute approximate surface area is 160 Å². The number of benzene rings is 2. The molecule has 0 aliphatic carbocycles. The van der Waals surface area contributed by atoms with Crippen LogP contribution in [0.3, 0.4) is 0 Å². The number of methoxy groups -OCH3 is 1. The van der Waals surface area contributed by atoms with Crippen LogP contribution in [0.2, 0.25) is 10.0 Å². The lowest BCUT2D eigenvalue weighted by atomic mass is 10.3. The van der Waals surface area contributed by atoms with Crippen LogP contribution >= 0.6 is 23.2 Å². The van der Waals surface area contributed by atoms with E-state index in [1.165, 1.54) is 19.1 Å². The Bertz CT molecular complexity index is 759. The molecule has 26 heavy (non-hydrogen) atoms. The van der Waals surface area contributed by atoms with Crippen LogP contribution in [-0.2, 0) is 14.3 Å². The molecule has 8 heteroatoms. The molecule has 0 aromatic heterocycles. The van der Waals surface area contributed by atoms with Crippen molar-refractivity contribution in [3.63, 3.8) is 0 Å². The highest BCUT2D eigenvalue weighted by Gasteiger charge is 2.18. The van der Waals surface area contributed by atoms with Crippen molar-refractivity contribution in [2.45, 2.75) is 13.0 Å². The number of carbonyl (C=O) groups excluding carboxylic acids is 2. The monoisotopic (exact) mass is 397 g/mol. The number of halogens is 2. The molecule has 2 rings (SSSR count). The summed E-state index contributed by atoms with van der Waals surface area (Å²) in [5.74, 6) is -0.0338. The molecule has 0 aliphatic heterocycles. The molecule has 0 unspecified atom stereocenters. The Kier molecular flexibility index (Phi) is 7.12. The molecular weight excluding hydrogens is 381 g/mol. The number of nitrogens with one attached hydrogen (secondary N) is 1. The fourth-order valence-electron chi connectivity index (χ4n) is 1.97. The Balaban J connectivity index is 1.82. The van der Waals surface area contributed by atoms with Gasteiger partial charge in [-0.15, -0.1) is 0 Å². The minimum absolute atomic E-state index is 0.326. The van der Waals surface area contributed by atoms with Gasteiger partial charge < -0.3 is 19.5 Å². The van der Waals surface area contributed by atoms with Crippen LogP contribution in [0.4, 0.5) is 5.69 Å². The molecule has 0 spiro atoms. The second kappa shape index (κ2) is 9.31. The summed E-state index contributed by atoms with van der Waals surface area (Å²) in [4.78, 5) is 23.9. The van der Waals surface area contributed by atoms with Crippen LogP contribution < -0.4 is 14.8 Å². The van der Waals surface area contributed by atoms with Gasteiger partial charge >= 0.3 is 5.97 Å². The van der Waals surface area contributed by atoms with Crippen LogP contribution in [0.5, 0.6) is 11.5 Å². The van der Waals surface area contributed by atoms with E-state index in [0.717, 1.165) is 0 Å². The third-order valence-corrected chi connectivity index (χ3v) is 3.66. The van der Waals surface area contributed by atoms with Gasteiger partial charge in [0.1, 0.15) is 11.5 Å². The first-order chi connectivity index (χ1) is 12.4. The van der Waals surface area contributed by atoms with Crippen molar-refractivity contribution in [1.29, 1.82) is 0 Å². The summed E-state index contributed by atoms with van der Waals surface area (Å²) >= 11 is 11.7. The van der Waals surface area contributed by atoms with Gasteiger partial charge in [-0.1, -0.05) is 23.2 Å². The molecule has 6 nitrogen and oxygen atoms in total. The largest absolute Gasteiger partial charge is 0.497 e. The van der Waals surface area contributed by atoms with E-state index >= 15 is 0 Å². The van der Waals surface area contributed by atoms with Crippen molar-refractivity contribution < 1.29 is 23.8 Å². The second-order valence-electron chi connectivity index (χ2n) is 5.24. The predicted molar refractivity (Wildman–Crippen MR) is 99.1 cm³/mol. The number of hydrogen-bond donors (Lipinski definition) is 1. The molecular formula is C18H17Cl2NO5. The normalized spacial score (nSPS) is 11.4. The number of amides is 1. The van der Waals surface area contributed by atoms with Crippen molar-refractivity contribution >= 4 is 40.8 Å². The van der Waals surface area contributed by atoms with Crippen molar-refractivity contribution in [1.82, 2.24) is 0 Å². The first-order valence-corrected chi connectivity index (χ1v) is 8.36. The molecule has 0 bridgehead atoms. The molecule has 0 heterocycles. The van der Waals surface area contributed by atoms with Gasteiger partial charge in [-0.3, -0.25) is 4.79 Å². The van der Waals surface area contributed by atoms with Crippen LogP contribution in [0.15, 0.2) is 42.5 Å². The van der Waals surface area contributed by atoms with Gasteiger partial charge in [-0.05, 0) is 49.4 Å². The van der Waals surface area contributed by atoms with Gasteiger partial charge in [0.05, 0.1) is 7.11 Å². The highest BCUT2D eigenvalue weighted by molar-refractivity contribution is 6.35. The van der Waals surface area contributed by atoms with E-state index in [1.807, 2.05) is 0 Å². The predicted octanol–water partition coefficient (Wildman–Crippen LogP) is 3.95. The maximum atomic E-state index is 12.1. The summed E-state index contributed by atoms with van der Waals surface area (Å²) in [6, 6.07) is 11.3. The van der Waals surface area contributed by atoms with Crippen molar-refractivity contribution in [2.75, 3.05) is 19.0 Å². The Morgan fingerprint density at radius 1 is 1.04 bits per heavy atom. The van der Waals surface area contributed by atoms with E-state index in [-0.39, 0.29) is 6.61 Å². The summed E-state index contributed by atoms with van der Waals surface area (Å²) < 4.78 is 15.4. The van der Waals surface area contributed by atoms with E-state index in [1.54, 1.807) is 37.4 Å². The number of ether oxygens (including phenoxy) is 3. The van der Waals surface area contributed by atoms with Gasteiger partial charge in [0.25, 0.3) is 5.91 Å². The van der Waals surface area contributed by atoms with E-state index in [2.05, 4.69) is 5.32 Å². The summed E-state index contributed by atoms with van der Waals surface area (Å²) in [5.41, 5.74) is 0.407. The lowest BCUT2D eigenvalue weighted by Crippen LogP contribution is -2.31. The van der Waals surface area contributed by atoms with Gasteiger partial charge in [0.15, 0.2) is 12.7 Å². The summed E-state index contributed by atoms with van der Waals surface area (Å²) in [7, 11) is 1.55. The number of esters is 1. The number of hydrogen-bond acceptors (Lipinski definition) is 5. The number of carbonyl (C=O) groups is 2. The SMILES string of the molecule is COc1ccc(OCC(=O)O[C@@H](C)C(=O)Nc2cc(Cl)cc(Cl)c2)cc1. The topological polar surface area (TPSA) is 73.9 Å². The van der Waals surface area contributed by atoms with E-state index in [9.17, 15) is 9.59 Å². The van der Waals surface area contributed by atoms with Crippen LogP contribution in [-0.4, -0.2) is 31.7 Å². The number of anilines is 1. The summed E-state index contributed by atoms with van der Waals surface area (Å²) in [5, 5.41) is 3.34.